The molecule has 0 bridgehead atoms. The Morgan fingerprint density at radius 3 is 2.54 bits per heavy atom. The Morgan fingerprint density at radius 2 is 1.83 bits per heavy atom. The first-order valence-electron chi connectivity index (χ1n) is 8.12. The molecule has 2 aromatic carbocycles. The van der Waals surface area contributed by atoms with E-state index in [2.05, 4.69) is 40.6 Å². The number of hydrogen-bond donors (Lipinski definition) is 1. The lowest BCUT2D eigenvalue weighted by molar-refractivity contribution is 0.174. The van der Waals surface area contributed by atoms with Crippen LogP contribution in [0.4, 0.5) is 0 Å². The summed E-state index contributed by atoms with van der Waals surface area (Å²) in [6, 6.07) is 18.8. The van der Waals surface area contributed by atoms with Crippen LogP contribution in [-0.2, 0) is 0 Å². The van der Waals surface area contributed by atoms with Gasteiger partial charge in [-0.15, -0.1) is 0 Å². The van der Waals surface area contributed by atoms with Crippen molar-refractivity contribution in [3.8, 4) is 6.07 Å². The molecule has 0 aromatic heterocycles. The lowest BCUT2D eigenvalue weighted by Gasteiger charge is -2.34. The van der Waals surface area contributed by atoms with Crippen LogP contribution >= 0.6 is 23.4 Å². The molecule has 3 nitrogen and oxygen atoms in total. The molecular formula is C19H20ClN3S. The van der Waals surface area contributed by atoms with Crippen molar-refractivity contribution in [3.05, 3.63) is 59.1 Å². The number of halogens is 1. The Bertz CT molecular complexity index is 705. The van der Waals surface area contributed by atoms with Gasteiger partial charge in [0.25, 0.3) is 0 Å². The molecule has 24 heavy (non-hydrogen) atoms. The Morgan fingerprint density at radius 1 is 1.12 bits per heavy atom. The third-order valence-corrected chi connectivity index (χ3v) is 5.55. The van der Waals surface area contributed by atoms with E-state index in [1.807, 2.05) is 24.3 Å². The van der Waals surface area contributed by atoms with Gasteiger partial charge in [-0.2, -0.15) is 5.26 Å². The summed E-state index contributed by atoms with van der Waals surface area (Å²) in [7, 11) is 0. The van der Waals surface area contributed by atoms with Gasteiger partial charge < -0.3 is 5.32 Å². The average Bonchev–Trinajstić information content (AvgIpc) is 2.63. The highest BCUT2D eigenvalue weighted by atomic mass is 35.5. The molecule has 2 aromatic rings. The van der Waals surface area contributed by atoms with Gasteiger partial charge in [0, 0.05) is 47.0 Å². The normalized spacial score (nSPS) is 16.5. The molecule has 1 fully saturated rings. The van der Waals surface area contributed by atoms with Gasteiger partial charge in [0.2, 0.25) is 0 Å². The smallest absolute Gasteiger partial charge is 0.0641 e. The zero-order valence-electron chi connectivity index (χ0n) is 13.4. The second kappa shape index (κ2) is 8.55. The van der Waals surface area contributed by atoms with Crippen molar-refractivity contribution in [3.63, 3.8) is 0 Å². The molecule has 5 heteroatoms. The van der Waals surface area contributed by atoms with Crippen molar-refractivity contribution in [1.29, 1.82) is 5.26 Å². The van der Waals surface area contributed by atoms with Crippen LogP contribution in [0.15, 0.2) is 58.3 Å². The maximum Gasteiger partial charge on any atom is 0.0641 e. The van der Waals surface area contributed by atoms with Gasteiger partial charge in [0.05, 0.1) is 12.5 Å². The summed E-state index contributed by atoms with van der Waals surface area (Å²) >= 11 is 7.71. The van der Waals surface area contributed by atoms with E-state index in [1.54, 1.807) is 11.8 Å². The summed E-state index contributed by atoms with van der Waals surface area (Å²) in [5, 5.41) is 13.5. The van der Waals surface area contributed by atoms with Crippen molar-refractivity contribution in [1.82, 2.24) is 10.2 Å². The Hall–Kier alpha value is -1.51. The maximum absolute atomic E-state index is 9.33. The number of nitrogens with zero attached hydrogens (tertiary/aromatic N) is 2. The molecule has 0 spiro atoms. The summed E-state index contributed by atoms with van der Waals surface area (Å²) in [5.74, 6) is 0. The molecule has 0 radical (unpaired) electrons. The molecular weight excluding hydrogens is 338 g/mol. The number of rotatable bonds is 5. The van der Waals surface area contributed by atoms with Crippen LogP contribution in [0.3, 0.4) is 0 Å². The fourth-order valence-corrected chi connectivity index (χ4v) is 4.12. The zero-order chi connectivity index (χ0) is 16.8. The molecule has 0 amide bonds. The van der Waals surface area contributed by atoms with E-state index in [4.69, 9.17) is 11.6 Å². The van der Waals surface area contributed by atoms with Crippen LogP contribution in [0.5, 0.6) is 0 Å². The van der Waals surface area contributed by atoms with Gasteiger partial charge in [-0.3, -0.25) is 4.90 Å². The summed E-state index contributed by atoms with van der Waals surface area (Å²) in [4.78, 5) is 4.78. The molecule has 1 N–H and O–H groups in total. The quantitative estimate of drug-likeness (QED) is 0.863. The van der Waals surface area contributed by atoms with E-state index in [1.165, 1.54) is 10.5 Å². The minimum atomic E-state index is 0.146. The lowest BCUT2D eigenvalue weighted by Crippen LogP contribution is -2.45. The predicted octanol–water partition coefficient (Wildman–Crippen LogP) is 4.35. The topological polar surface area (TPSA) is 39.1 Å². The van der Waals surface area contributed by atoms with E-state index < -0.39 is 0 Å². The van der Waals surface area contributed by atoms with E-state index in [-0.39, 0.29) is 6.04 Å². The number of hydrogen-bond acceptors (Lipinski definition) is 4. The van der Waals surface area contributed by atoms with Crippen LogP contribution in [-0.4, -0.2) is 31.1 Å². The monoisotopic (exact) mass is 357 g/mol. The Balaban J connectivity index is 1.88. The van der Waals surface area contributed by atoms with Gasteiger partial charge in [0.15, 0.2) is 0 Å². The van der Waals surface area contributed by atoms with E-state index in [0.717, 1.165) is 36.1 Å². The van der Waals surface area contributed by atoms with Crippen molar-refractivity contribution in [2.24, 2.45) is 0 Å². The molecule has 1 aliphatic heterocycles. The Kier molecular flexibility index (Phi) is 6.17. The van der Waals surface area contributed by atoms with Crippen molar-refractivity contribution in [2.45, 2.75) is 22.3 Å². The molecule has 0 saturated carbocycles. The van der Waals surface area contributed by atoms with Gasteiger partial charge >= 0.3 is 0 Å². The third-order valence-electron chi connectivity index (χ3n) is 4.20. The lowest BCUT2D eigenvalue weighted by atomic mass is 10.0. The molecule has 1 saturated heterocycles. The first-order valence-corrected chi connectivity index (χ1v) is 9.31. The second-order valence-electron chi connectivity index (χ2n) is 5.76. The molecule has 1 atom stereocenters. The van der Waals surface area contributed by atoms with Gasteiger partial charge in [-0.1, -0.05) is 41.6 Å². The van der Waals surface area contributed by atoms with Crippen LogP contribution in [0.1, 0.15) is 18.0 Å². The molecule has 1 aliphatic rings. The van der Waals surface area contributed by atoms with E-state index in [9.17, 15) is 5.26 Å². The third kappa shape index (κ3) is 4.31. The Labute approximate surface area is 152 Å². The largest absolute Gasteiger partial charge is 0.314 e. The van der Waals surface area contributed by atoms with Crippen molar-refractivity contribution >= 4 is 23.4 Å². The SMILES string of the molecule is N#CC[C@H](c1ccccc1Sc1ccc(Cl)cc1)N1CCNCC1. The summed E-state index contributed by atoms with van der Waals surface area (Å²) in [6.45, 7) is 3.92. The van der Waals surface area contributed by atoms with Crippen LogP contribution < -0.4 is 5.32 Å². The van der Waals surface area contributed by atoms with Crippen LogP contribution in [0, 0.1) is 11.3 Å². The molecule has 0 aliphatic carbocycles. The van der Waals surface area contributed by atoms with Crippen molar-refractivity contribution < 1.29 is 0 Å². The van der Waals surface area contributed by atoms with Gasteiger partial charge in [0.1, 0.15) is 0 Å². The first-order chi connectivity index (χ1) is 11.8. The highest BCUT2D eigenvalue weighted by molar-refractivity contribution is 7.99. The highest BCUT2D eigenvalue weighted by Gasteiger charge is 2.24. The van der Waals surface area contributed by atoms with E-state index in [0.29, 0.717) is 6.42 Å². The maximum atomic E-state index is 9.33. The minimum Gasteiger partial charge on any atom is -0.314 e. The first kappa shape index (κ1) is 17.3. The number of nitrogens with one attached hydrogen (secondary N) is 1. The second-order valence-corrected chi connectivity index (χ2v) is 7.31. The highest BCUT2D eigenvalue weighted by Crippen LogP contribution is 2.36. The van der Waals surface area contributed by atoms with Crippen LogP contribution in [0.25, 0.3) is 0 Å². The zero-order valence-corrected chi connectivity index (χ0v) is 15.0. The number of nitriles is 1. The van der Waals surface area contributed by atoms with Crippen molar-refractivity contribution in [2.75, 3.05) is 26.2 Å². The number of benzene rings is 2. The summed E-state index contributed by atoms with van der Waals surface area (Å²) in [5.41, 5.74) is 1.24. The molecule has 124 valence electrons. The fourth-order valence-electron chi connectivity index (χ4n) is 2.99. The summed E-state index contributed by atoms with van der Waals surface area (Å²) in [6.07, 6.45) is 0.512. The minimum absolute atomic E-state index is 0.146. The standard InChI is InChI=1S/C19H20ClN3S/c20-15-5-7-16(8-6-15)24-19-4-2-1-3-17(19)18(9-10-21)23-13-11-22-12-14-23/h1-8,18,22H,9,11-14H2/t18-/m1/s1. The number of piperazine rings is 1. The predicted molar refractivity (Wildman–Crippen MR) is 99.4 cm³/mol. The van der Waals surface area contributed by atoms with E-state index >= 15 is 0 Å². The molecule has 3 rings (SSSR count). The van der Waals surface area contributed by atoms with Crippen LogP contribution in [0.2, 0.25) is 5.02 Å². The summed E-state index contributed by atoms with van der Waals surface area (Å²) < 4.78 is 0. The average molecular weight is 358 g/mol. The fraction of sp³-hybridized carbons (Fsp3) is 0.316. The van der Waals surface area contributed by atoms with Gasteiger partial charge in [-0.05, 0) is 35.9 Å². The van der Waals surface area contributed by atoms with Gasteiger partial charge in [-0.25, -0.2) is 0 Å². The molecule has 1 heterocycles. The molecule has 0 unspecified atom stereocenters.